The SMILES string of the molecule is Cc1nc(C(=O)NCC2CCCN2C)nn1-c1ccccc1Cl. The monoisotopic (exact) mass is 333 g/mol. The number of para-hydroxylation sites is 1. The highest BCUT2D eigenvalue weighted by Gasteiger charge is 2.22. The van der Waals surface area contributed by atoms with E-state index < -0.39 is 0 Å². The lowest BCUT2D eigenvalue weighted by molar-refractivity contribution is 0.0933. The van der Waals surface area contributed by atoms with E-state index in [9.17, 15) is 4.79 Å². The second-order valence-electron chi connectivity index (χ2n) is 5.83. The van der Waals surface area contributed by atoms with Crippen LogP contribution in [0.4, 0.5) is 0 Å². The number of carbonyl (C=O) groups excluding carboxylic acids is 1. The molecule has 1 aromatic carbocycles. The number of nitrogens with zero attached hydrogens (tertiary/aromatic N) is 4. The zero-order valence-electron chi connectivity index (χ0n) is 13.3. The highest BCUT2D eigenvalue weighted by molar-refractivity contribution is 6.32. The lowest BCUT2D eigenvalue weighted by atomic mass is 10.2. The van der Waals surface area contributed by atoms with Crippen molar-refractivity contribution in [3.8, 4) is 5.69 Å². The molecule has 1 aliphatic rings. The first-order chi connectivity index (χ1) is 11.1. The minimum atomic E-state index is -0.251. The van der Waals surface area contributed by atoms with Gasteiger partial charge in [-0.1, -0.05) is 23.7 Å². The molecule has 0 radical (unpaired) electrons. The predicted molar refractivity (Wildman–Crippen MR) is 89.1 cm³/mol. The lowest BCUT2D eigenvalue weighted by Gasteiger charge is -2.19. The summed E-state index contributed by atoms with van der Waals surface area (Å²) in [4.78, 5) is 18.8. The van der Waals surface area contributed by atoms with Gasteiger partial charge in [0.15, 0.2) is 0 Å². The fourth-order valence-corrected chi connectivity index (χ4v) is 3.08. The molecule has 7 heteroatoms. The molecule has 122 valence electrons. The molecule has 1 fully saturated rings. The molecule has 2 heterocycles. The Morgan fingerprint density at radius 3 is 2.91 bits per heavy atom. The topological polar surface area (TPSA) is 63.1 Å². The predicted octanol–water partition coefficient (Wildman–Crippen LogP) is 2.05. The van der Waals surface area contributed by atoms with Crippen LogP contribution in [0.1, 0.15) is 29.3 Å². The molecule has 2 aromatic rings. The van der Waals surface area contributed by atoms with Crippen molar-refractivity contribution in [1.29, 1.82) is 0 Å². The summed E-state index contributed by atoms with van der Waals surface area (Å²) in [5.41, 5.74) is 0.716. The molecular weight excluding hydrogens is 314 g/mol. The number of likely N-dealkylation sites (N-methyl/N-ethyl adjacent to an activating group) is 1. The second-order valence-corrected chi connectivity index (χ2v) is 6.24. The van der Waals surface area contributed by atoms with Crippen molar-refractivity contribution in [2.75, 3.05) is 20.1 Å². The van der Waals surface area contributed by atoms with E-state index in [0.29, 0.717) is 29.1 Å². The molecule has 0 spiro atoms. The van der Waals surface area contributed by atoms with Crippen LogP contribution >= 0.6 is 11.6 Å². The molecule has 1 aromatic heterocycles. The lowest BCUT2D eigenvalue weighted by Crippen LogP contribution is -2.38. The van der Waals surface area contributed by atoms with Gasteiger partial charge >= 0.3 is 0 Å². The van der Waals surface area contributed by atoms with E-state index in [0.717, 1.165) is 13.0 Å². The quantitative estimate of drug-likeness (QED) is 0.930. The number of rotatable bonds is 4. The van der Waals surface area contributed by atoms with Crippen LogP contribution < -0.4 is 5.32 Å². The van der Waals surface area contributed by atoms with Crippen molar-refractivity contribution in [2.24, 2.45) is 0 Å². The number of carbonyl (C=O) groups is 1. The maximum Gasteiger partial charge on any atom is 0.291 e. The van der Waals surface area contributed by atoms with Gasteiger partial charge in [-0.2, -0.15) is 0 Å². The normalized spacial score (nSPS) is 18.3. The van der Waals surface area contributed by atoms with Gasteiger partial charge in [-0.25, -0.2) is 9.67 Å². The van der Waals surface area contributed by atoms with Crippen molar-refractivity contribution in [3.05, 3.63) is 40.9 Å². The van der Waals surface area contributed by atoms with E-state index in [1.54, 1.807) is 17.7 Å². The smallest absolute Gasteiger partial charge is 0.291 e. The Morgan fingerprint density at radius 2 is 2.22 bits per heavy atom. The van der Waals surface area contributed by atoms with Gasteiger partial charge in [-0.05, 0) is 45.5 Å². The molecule has 0 saturated carbocycles. The standard InChI is InChI=1S/C16H20ClN5O/c1-11-19-15(16(23)18-10-12-6-5-9-21(12)2)20-22(11)14-8-4-3-7-13(14)17/h3-4,7-8,12H,5-6,9-10H2,1-2H3,(H,18,23). The van der Waals surface area contributed by atoms with Crippen LogP contribution in [-0.2, 0) is 0 Å². The first-order valence-electron chi connectivity index (χ1n) is 7.73. The van der Waals surface area contributed by atoms with Crippen LogP contribution in [0.25, 0.3) is 5.69 Å². The number of aromatic nitrogens is 3. The average Bonchev–Trinajstić information content (AvgIpc) is 3.11. The minimum Gasteiger partial charge on any atom is -0.348 e. The number of hydrogen-bond acceptors (Lipinski definition) is 4. The van der Waals surface area contributed by atoms with E-state index in [1.165, 1.54) is 6.42 Å². The highest BCUT2D eigenvalue weighted by atomic mass is 35.5. The molecule has 1 aliphatic heterocycles. The third-order valence-electron chi connectivity index (χ3n) is 4.22. The zero-order valence-corrected chi connectivity index (χ0v) is 14.0. The largest absolute Gasteiger partial charge is 0.348 e. The Morgan fingerprint density at radius 1 is 1.43 bits per heavy atom. The van der Waals surface area contributed by atoms with Gasteiger partial charge in [0.2, 0.25) is 5.82 Å². The van der Waals surface area contributed by atoms with Gasteiger partial charge in [0.25, 0.3) is 5.91 Å². The summed E-state index contributed by atoms with van der Waals surface area (Å²) in [7, 11) is 2.08. The van der Waals surface area contributed by atoms with Crippen molar-refractivity contribution < 1.29 is 4.79 Å². The number of aryl methyl sites for hydroxylation is 1. The Kier molecular flexibility index (Phi) is 4.63. The van der Waals surface area contributed by atoms with Crippen LogP contribution in [0.2, 0.25) is 5.02 Å². The Bertz CT molecular complexity index is 714. The summed E-state index contributed by atoms with van der Waals surface area (Å²) in [5, 5.41) is 7.80. The van der Waals surface area contributed by atoms with E-state index in [2.05, 4.69) is 27.3 Å². The van der Waals surface area contributed by atoms with Crippen LogP contribution in [0.3, 0.4) is 0 Å². The fraction of sp³-hybridized carbons (Fsp3) is 0.438. The van der Waals surface area contributed by atoms with E-state index in [-0.39, 0.29) is 11.7 Å². The van der Waals surface area contributed by atoms with Gasteiger partial charge in [0.05, 0.1) is 10.7 Å². The maximum atomic E-state index is 12.3. The summed E-state index contributed by atoms with van der Waals surface area (Å²) < 4.78 is 1.60. The number of halogens is 1. The third kappa shape index (κ3) is 3.38. The highest BCUT2D eigenvalue weighted by Crippen LogP contribution is 2.20. The summed E-state index contributed by atoms with van der Waals surface area (Å²) in [6, 6.07) is 7.75. The summed E-state index contributed by atoms with van der Waals surface area (Å²) in [5.74, 6) is 0.545. The van der Waals surface area contributed by atoms with E-state index in [1.807, 2.05) is 18.2 Å². The molecule has 1 amide bonds. The number of benzene rings is 1. The maximum absolute atomic E-state index is 12.3. The fourth-order valence-electron chi connectivity index (χ4n) is 2.86. The molecule has 0 bridgehead atoms. The molecule has 23 heavy (non-hydrogen) atoms. The van der Waals surface area contributed by atoms with E-state index >= 15 is 0 Å². The van der Waals surface area contributed by atoms with Crippen LogP contribution in [0.5, 0.6) is 0 Å². The Balaban J connectivity index is 1.73. The van der Waals surface area contributed by atoms with Crippen LogP contribution in [0.15, 0.2) is 24.3 Å². The number of nitrogens with one attached hydrogen (secondary N) is 1. The van der Waals surface area contributed by atoms with Gasteiger partial charge in [-0.15, -0.1) is 5.10 Å². The minimum absolute atomic E-state index is 0.170. The molecule has 0 aliphatic carbocycles. The van der Waals surface area contributed by atoms with Crippen LogP contribution in [0, 0.1) is 6.92 Å². The first-order valence-corrected chi connectivity index (χ1v) is 8.11. The second kappa shape index (κ2) is 6.68. The van der Waals surface area contributed by atoms with Crippen LogP contribution in [-0.4, -0.2) is 51.8 Å². The number of likely N-dealkylation sites (tertiary alicyclic amines) is 1. The third-order valence-corrected chi connectivity index (χ3v) is 4.54. The van der Waals surface area contributed by atoms with Gasteiger partial charge in [-0.3, -0.25) is 4.79 Å². The molecule has 1 unspecified atom stereocenters. The Hall–Kier alpha value is -1.92. The van der Waals surface area contributed by atoms with Crippen molar-refractivity contribution >= 4 is 17.5 Å². The Labute approximate surface area is 140 Å². The van der Waals surface area contributed by atoms with Gasteiger partial charge < -0.3 is 10.2 Å². The number of hydrogen-bond donors (Lipinski definition) is 1. The summed E-state index contributed by atoms with van der Waals surface area (Å²) >= 11 is 6.19. The first kappa shape index (κ1) is 16.0. The van der Waals surface area contributed by atoms with Crippen molar-refractivity contribution in [1.82, 2.24) is 25.0 Å². The summed E-state index contributed by atoms with van der Waals surface area (Å²) in [6.07, 6.45) is 2.28. The zero-order chi connectivity index (χ0) is 16.4. The average molecular weight is 334 g/mol. The van der Waals surface area contributed by atoms with Crippen molar-refractivity contribution in [3.63, 3.8) is 0 Å². The molecule has 1 atom stereocenters. The summed E-state index contributed by atoms with van der Waals surface area (Å²) in [6.45, 7) is 3.51. The molecule has 3 rings (SSSR count). The number of amides is 1. The molecule has 1 saturated heterocycles. The molecule has 1 N–H and O–H groups in total. The molecular formula is C16H20ClN5O. The van der Waals surface area contributed by atoms with Gasteiger partial charge in [0, 0.05) is 12.6 Å². The van der Waals surface area contributed by atoms with Gasteiger partial charge in [0.1, 0.15) is 5.82 Å². The molecule has 6 nitrogen and oxygen atoms in total. The van der Waals surface area contributed by atoms with Crippen molar-refractivity contribution in [2.45, 2.75) is 25.8 Å². The van der Waals surface area contributed by atoms with E-state index in [4.69, 9.17) is 11.6 Å².